The predicted molar refractivity (Wildman–Crippen MR) is 186 cm³/mol. The SMILES string of the molecule is CON1C(=O)[C@@]2(C[C@@H]3N=C(C(C)=C/C=C4\[C@@H]5C[C@@H]6OC[C@@]5(C)[C@@H](N(C)C=O)C[C@]45C6=Nc4ccccc45)C4[C@H](O)[C@H]2OC[C@@H]43)c2ccccc21. The zero-order chi connectivity index (χ0) is 34.3. The molecule has 258 valence electrons. The number of hydrogen-bond donors (Lipinski definition) is 1. The van der Waals surface area contributed by atoms with Crippen molar-refractivity contribution >= 4 is 35.1 Å². The van der Waals surface area contributed by atoms with Crippen molar-refractivity contribution in [1.82, 2.24) is 4.90 Å². The second-order valence-corrected chi connectivity index (χ2v) is 16.0. The summed E-state index contributed by atoms with van der Waals surface area (Å²) in [7, 11) is 3.40. The van der Waals surface area contributed by atoms with Gasteiger partial charge in [-0.3, -0.25) is 24.4 Å². The number of aliphatic hydroxyl groups is 1. The number of ether oxygens (including phenoxy) is 2. The predicted octanol–water partition coefficient (Wildman–Crippen LogP) is 4.23. The lowest BCUT2D eigenvalue weighted by atomic mass is 9.45. The Hall–Kier alpha value is -3.96. The number of nitrogens with zero attached hydrogens (tertiary/aromatic N) is 4. The molecule has 11 rings (SSSR count). The van der Waals surface area contributed by atoms with E-state index in [4.69, 9.17) is 24.3 Å². The maximum atomic E-state index is 14.2. The van der Waals surface area contributed by atoms with Crippen LogP contribution in [0.15, 0.2) is 81.8 Å². The Labute approximate surface area is 291 Å². The smallest absolute Gasteiger partial charge is 0.264 e. The number of para-hydroxylation sites is 2. The fourth-order valence-corrected chi connectivity index (χ4v) is 11.7. The number of fused-ring (bicyclic) bond motifs is 5. The van der Waals surface area contributed by atoms with Crippen LogP contribution in [-0.4, -0.2) is 91.5 Å². The van der Waals surface area contributed by atoms with Gasteiger partial charge in [0.25, 0.3) is 5.91 Å². The molecule has 1 unspecified atom stereocenters. The van der Waals surface area contributed by atoms with E-state index in [0.717, 1.165) is 47.5 Å². The van der Waals surface area contributed by atoms with E-state index in [9.17, 15) is 14.7 Å². The van der Waals surface area contributed by atoms with Gasteiger partial charge in [0.1, 0.15) is 11.5 Å². The molecule has 0 aromatic heterocycles. The summed E-state index contributed by atoms with van der Waals surface area (Å²) in [4.78, 5) is 44.4. The minimum absolute atomic E-state index is 0.0116. The third-order valence-electron chi connectivity index (χ3n) is 14.0. The number of hydrogen-bond acceptors (Lipinski definition) is 8. The Morgan fingerprint density at radius 3 is 2.70 bits per heavy atom. The molecule has 2 amide bonds. The van der Waals surface area contributed by atoms with Crippen LogP contribution in [0.1, 0.15) is 44.2 Å². The maximum Gasteiger partial charge on any atom is 0.264 e. The molecule has 10 nitrogen and oxygen atoms in total. The van der Waals surface area contributed by atoms with Crippen molar-refractivity contribution in [2.75, 3.05) is 32.4 Å². The van der Waals surface area contributed by atoms with E-state index in [0.29, 0.717) is 25.3 Å². The van der Waals surface area contributed by atoms with Crippen LogP contribution in [0.5, 0.6) is 0 Å². The standard InChI is InChI=1S/C40H42N4O6/c1-21(33-32-22-18-49-36(34(32)46)40(16-28(22)41-33)25-10-6-8-12-29(25)44(48-4)37(40)47)13-14-23-26-15-30-35-39(23,24-9-5-7-11-27(24)42-35)17-31(43(3)20-45)38(26,2)19-50-30/h5-14,20,22,26,28,30-32,34,36,46H,15-19H2,1-4H3/b21-13?,23-14+/t22-,26+,28+,30+,31+,32?,34+,36-,38-,39+,40+/m1/s1. The zero-order valence-corrected chi connectivity index (χ0v) is 28.8. The highest BCUT2D eigenvalue weighted by molar-refractivity contribution is 6.10. The van der Waals surface area contributed by atoms with Gasteiger partial charge in [0.15, 0.2) is 0 Å². The summed E-state index contributed by atoms with van der Waals surface area (Å²) in [5.41, 5.74) is 6.23. The van der Waals surface area contributed by atoms with Crippen molar-refractivity contribution in [3.63, 3.8) is 0 Å². The molecule has 50 heavy (non-hydrogen) atoms. The van der Waals surface area contributed by atoms with E-state index in [1.165, 1.54) is 23.3 Å². The van der Waals surface area contributed by atoms with E-state index < -0.39 is 23.0 Å². The van der Waals surface area contributed by atoms with Crippen LogP contribution in [-0.2, 0) is 34.7 Å². The first kappa shape index (κ1) is 30.8. The van der Waals surface area contributed by atoms with Gasteiger partial charge >= 0.3 is 0 Å². The number of rotatable bonds is 5. The average Bonchev–Trinajstić information content (AvgIpc) is 3.67. The quantitative estimate of drug-likeness (QED) is 0.476. The van der Waals surface area contributed by atoms with Crippen molar-refractivity contribution < 1.29 is 29.0 Å². The van der Waals surface area contributed by atoms with Crippen molar-refractivity contribution in [3.05, 3.63) is 83.0 Å². The summed E-state index contributed by atoms with van der Waals surface area (Å²) in [5, 5.41) is 13.5. The Morgan fingerprint density at radius 1 is 1.12 bits per heavy atom. The minimum atomic E-state index is -1.07. The largest absolute Gasteiger partial charge is 0.390 e. The molecule has 3 saturated carbocycles. The second kappa shape index (κ2) is 10.3. The Balaban J connectivity index is 1.07. The molecule has 10 heteroatoms. The lowest BCUT2D eigenvalue weighted by Crippen LogP contribution is -2.69. The van der Waals surface area contributed by atoms with Gasteiger partial charge in [-0.15, -0.1) is 0 Å². The number of aliphatic hydroxyl groups excluding tert-OH is 1. The maximum absolute atomic E-state index is 14.2. The minimum Gasteiger partial charge on any atom is -0.390 e. The topological polar surface area (TPSA) is 113 Å². The van der Waals surface area contributed by atoms with Crippen LogP contribution < -0.4 is 5.06 Å². The van der Waals surface area contributed by atoms with Crippen molar-refractivity contribution in [2.45, 2.75) is 74.3 Å². The van der Waals surface area contributed by atoms with Gasteiger partial charge < -0.3 is 19.5 Å². The highest BCUT2D eigenvalue weighted by Crippen LogP contribution is 2.66. The fourth-order valence-electron chi connectivity index (χ4n) is 11.7. The van der Waals surface area contributed by atoms with Crippen LogP contribution >= 0.6 is 0 Å². The number of hydroxylamine groups is 1. The summed E-state index contributed by atoms with van der Waals surface area (Å²) in [5.74, 6) is -0.278. The zero-order valence-electron chi connectivity index (χ0n) is 28.8. The highest BCUT2D eigenvalue weighted by Gasteiger charge is 2.69. The molecule has 3 saturated heterocycles. The molecule has 2 spiro atoms. The van der Waals surface area contributed by atoms with E-state index in [2.05, 4.69) is 44.2 Å². The normalized spacial score (nSPS) is 42.3. The van der Waals surface area contributed by atoms with Crippen LogP contribution in [0.4, 0.5) is 11.4 Å². The van der Waals surface area contributed by atoms with Gasteiger partial charge in [-0.25, -0.2) is 0 Å². The number of anilines is 1. The lowest BCUT2D eigenvalue weighted by molar-refractivity contribution is -0.152. The third-order valence-corrected chi connectivity index (χ3v) is 14.0. The monoisotopic (exact) mass is 674 g/mol. The number of allylic oxidation sites excluding steroid dienone is 4. The molecule has 11 atom stereocenters. The van der Waals surface area contributed by atoms with Crippen molar-refractivity contribution in [2.24, 2.45) is 33.2 Å². The molecule has 7 bridgehead atoms. The van der Waals surface area contributed by atoms with E-state index in [-0.39, 0.29) is 47.3 Å². The molecule has 9 aliphatic rings. The molecule has 0 radical (unpaired) electrons. The Morgan fingerprint density at radius 2 is 1.90 bits per heavy atom. The summed E-state index contributed by atoms with van der Waals surface area (Å²) < 4.78 is 13.0. The second-order valence-electron chi connectivity index (χ2n) is 16.0. The van der Waals surface area contributed by atoms with Gasteiger partial charge in [-0.05, 0) is 66.5 Å². The lowest BCUT2D eigenvalue weighted by Gasteiger charge is -2.64. The molecule has 1 N–H and O–H groups in total. The first-order chi connectivity index (χ1) is 24.2. The van der Waals surface area contributed by atoms with Gasteiger partial charge in [0, 0.05) is 36.1 Å². The number of carbonyl (C=O) groups excluding carboxylic acids is 2. The Kier molecular flexibility index (Phi) is 6.36. The van der Waals surface area contributed by atoms with E-state index in [1.807, 2.05) is 42.3 Å². The van der Waals surface area contributed by atoms with Crippen LogP contribution in [0.25, 0.3) is 0 Å². The van der Waals surface area contributed by atoms with Crippen molar-refractivity contribution in [1.29, 1.82) is 0 Å². The molecule has 2 aromatic carbocycles. The number of amides is 2. The number of aliphatic imine (C=N–C) groups is 2. The van der Waals surface area contributed by atoms with E-state index in [1.54, 1.807) is 0 Å². The molecule has 2 aromatic rings. The molecule has 6 aliphatic heterocycles. The van der Waals surface area contributed by atoms with Crippen LogP contribution in [0.2, 0.25) is 0 Å². The van der Waals surface area contributed by atoms with Gasteiger partial charge in [0.05, 0.1) is 61.1 Å². The Bertz CT molecular complexity index is 1990. The highest BCUT2D eigenvalue weighted by atomic mass is 16.7. The fraction of sp³-hybridized carbons (Fsp3) is 0.500. The summed E-state index contributed by atoms with van der Waals surface area (Å²) in [6.07, 6.45) is 5.82. The van der Waals surface area contributed by atoms with Crippen LogP contribution in [0, 0.1) is 23.2 Å². The number of carbonyl (C=O) groups is 2. The first-order valence-electron chi connectivity index (χ1n) is 17.9. The molecular weight excluding hydrogens is 632 g/mol. The van der Waals surface area contributed by atoms with Gasteiger partial charge in [-0.1, -0.05) is 55.5 Å². The first-order valence-corrected chi connectivity index (χ1v) is 17.9. The van der Waals surface area contributed by atoms with Crippen LogP contribution in [0.3, 0.4) is 0 Å². The van der Waals surface area contributed by atoms with Gasteiger partial charge in [0.2, 0.25) is 6.41 Å². The van der Waals surface area contributed by atoms with Gasteiger partial charge in [-0.2, -0.15) is 5.06 Å². The van der Waals surface area contributed by atoms with Crippen molar-refractivity contribution in [3.8, 4) is 0 Å². The molecule has 3 aliphatic carbocycles. The molecule has 6 heterocycles. The molecular formula is C40H42N4O6. The third kappa shape index (κ3) is 3.53. The summed E-state index contributed by atoms with van der Waals surface area (Å²) in [6, 6.07) is 15.9. The number of benzene rings is 2. The average molecular weight is 675 g/mol. The molecule has 6 fully saturated rings. The summed E-state index contributed by atoms with van der Waals surface area (Å²) >= 11 is 0. The summed E-state index contributed by atoms with van der Waals surface area (Å²) in [6.45, 7) is 5.38. The van der Waals surface area contributed by atoms with E-state index >= 15 is 0 Å².